The lowest BCUT2D eigenvalue weighted by Crippen LogP contribution is -2.69. The van der Waals surface area contributed by atoms with E-state index >= 15 is 0 Å². The Morgan fingerprint density at radius 3 is 2.40 bits per heavy atom. The van der Waals surface area contributed by atoms with E-state index in [0.717, 1.165) is 12.8 Å². The average Bonchev–Trinajstić information content (AvgIpc) is 3.12. The molecule has 4 nitrogen and oxygen atoms in total. The topological polar surface area (TPSA) is 52.6 Å². The zero-order valence-corrected chi connectivity index (χ0v) is 12.6. The maximum absolute atomic E-state index is 12.5. The summed E-state index contributed by atoms with van der Waals surface area (Å²) in [6, 6.07) is 5.02. The number of amides is 1. The van der Waals surface area contributed by atoms with Gasteiger partial charge >= 0.3 is 0 Å². The molecule has 3 rings (SSSR count). The van der Waals surface area contributed by atoms with Crippen molar-refractivity contribution in [3.05, 3.63) is 28.2 Å². The fraction of sp³-hybridized carbons (Fsp3) is 0.500. The number of hydrogen-bond acceptors (Lipinski definition) is 3. The van der Waals surface area contributed by atoms with Crippen molar-refractivity contribution in [3.63, 3.8) is 0 Å². The van der Waals surface area contributed by atoms with Gasteiger partial charge in [0, 0.05) is 27.8 Å². The zero-order chi connectivity index (χ0) is 14.5. The molecule has 0 radical (unpaired) electrons. The number of anilines is 1. The van der Waals surface area contributed by atoms with Gasteiger partial charge in [0.05, 0.1) is 0 Å². The molecule has 0 aromatic heterocycles. The molecule has 1 amide bonds. The van der Waals surface area contributed by atoms with Crippen molar-refractivity contribution in [3.8, 4) is 0 Å². The molecule has 1 aromatic rings. The van der Waals surface area contributed by atoms with E-state index in [1.807, 2.05) is 0 Å². The van der Waals surface area contributed by atoms with Crippen LogP contribution in [0, 0.1) is 0 Å². The monoisotopic (exact) mass is 314 g/mol. The molecule has 2 fully saturated rings. The highest BCUT2D eigenvalue weighted by atomic mass is 35.5. The van der Waals surface area contributed by atoms with E-state index in [9.17, 15) is 9.90 Å². The van der Waals surface area contributed by atoms with Crippen molar-refractivity contribution in [2.24, 2.45) is 0 Å². The molecule has 1 saturated heterocycles. The standard InChI is InChI=1S/C14H16Cl2N2O2/c1-2-14(20)12(19)18(8-13(17-14)3-4-13)11-6-9(15)5-10(16)7-11/h5-7,17,20H,2-4,8H2,1H3. The molecule has 1 aliphatic heterocycles. The van der Waals surface area contributed by atoms with Crippen LogP contribution in [0.2, 0.25) is 10.0 Å². The first-order chi connectivity index (χ1) is 9.37. The normalized spacial score (nSPS) is 28.0. The number of nitrogens with zero attached hydrogens (tertiary/aromatic N) is 1. The SMILES string of the molecule is CCC1(O)NC2(CC2)CN(c2cc(Cl)cc(Cl)c2)C1=O. The van der Waals surface area contributed by atoms with Crippen molar-refractivity contribution < 1.29 is 9.90 Å². The first kappa shape index (κ1) is 14.1. The molecular formula is C14H16Cl2N2O2. The molecule has 108 valence electrons. The van der Waals surface area contributed by atoms with Gasteiger partial charge in [-0.05, 0) is 37.5 Å². The summed E-state index contributed by atoms with van der Waals surface area (Å²) in [5.41, 5.74) is -1.05. The predicted molar refractivity (Wildman–Crippen MR) is 79.2 cm³/mol. The van der Waals surface area contributed by atoms with Gasteiger partial charge in [0.15, 0.2) is 5.72 Å². The first-order valence-electron chi connectivity index (χ1n) is 6.67. The number of nitrogens with one attached hydrogen (secondary N) is 1. The van der Waals surface area contributed by atoms with Crippen LogP contribution < -0.4 is 10.2 Å². The van der Waals surface area contributed by atoms with Gasteiger partial charge in [-0.25, -0.2) is 0 Å². The minimum absolute atomic E-state index is 0.173. The number of carbonyl (C=O) groups excluding carboxylic acids is 1. The van der Waals surface area contributed by atoms with Gasteiger partial charge in [0.2, 0.25) is 0 Å². The molecule has 2 aliphatic rings. The van der Waals surface area contributed by atoms with E-state index < -0.39 is 5.72 Å². The quantitative estimate of drug-likeness (QED) is 0.882. The Labute approximate surface area is 127 Å². The summed E-state index contributed by atoms with van der Waals surface area (Å²) in [4.78, 5) is 14.1. The fourth-order valence-electron chi connectivity index (χ4n) is 2.71. The number of carbonyl (C=O) groups is 1. The Hall–Kier alpha value is -0.810. The van der Waals surface area contributed by atoms with E-state index in [4.69, 9.17) is 23.2 Å². The second-order valence-corrected chi connectivity index (χ2v) is 6.51. The summed E-state index contributed by atoms with van der Waals surface area (Å²) >= 11 is 12.0. The summed E-state index contributed by atoms with van der Waals surface area (Å²) in [5, 5.41) is 14.6. The zero-order valence-electron chi connectivity index (χ0n) is 11.1. The van der Waals surface area contributed by atoms with E-state index in [2.05, 4.69) is 5.32 Å². The maximum Gasteiger partial charge on any atom is 0.274 e. The lowest BCUT2D eigenvalue weighted by molar-refractivity contribution is -0.145. The van der Waals surface area contributed by atoms with Crippen LogP contribution in [0.3, 0.4) is 0 Å². The van der Waals surface area contributed by atoms with Crippen LogP contribution in [-0.4, -0.2) is 28.8 Å². The number of hydrogen-bond donors (Lipinski definition) is 2. The lowest BCUT2D eigenvalue weighted by Gasteiger charge is -2.43. The van der Waals surface area contributed by atoms with Crippen molar-refractivity contribution in [1.29, 1.82) is 0 Å². The van der Waals surface area contributed by atoms with Crippen molar-refractivity contribution >= 4 is 34.8 Å². The minimum atomic E-state index is -1.51. The first-order valence-corrected chi connectivity index (χ1v) is 7.43. The van der Waals surface area contributed by atoms with Gasteiger partial charge in [-0.1, -0.05) is 30.1 Å². The van der Waals surface area contributed by atoms with Gasteiger partial charge < -0.3 is 10.0 Å². The smallest absolute Gasteiger partial charge is 0.274 e. The van der Waals surface area contributed by atoms with Gasteiger partial charge in [-0.15, -0.1) is 0 Å². The summed E-state index contributed by atoms with van der Waals surface area (Å²) in [7, 11) is 0. The molecule has 1 aromatic carbocycles. The van der Waals surface area contributed by atoms with Gasteiger partial charge in [0.1, 0.15) is 0 Å². The van der Waals surface area contributed by atoms with E-state index in [-0.39, 0.29) is 11.4 Å². The summed E-state index contributed by atoms with van der Waals surface area (Å²) in [6.45, 7) is 2.32. The fourth-order valence-corrected chi connectivity index (χ4v) is 3.22. The maximum atomic E-state index is 12.5. The van der Waals surface area contributed by atoms with Crippen molar-refractivity contribution in [2.45, 2.75) is 37.5 Å². The van der Waals surface area contributed by atoms with E-state index in [1.165, 1.54) is 0 Å². The molecule has 1 unspecified atom stereocenters. The predicted octanol–water partition coefficient (Wildman–Crippen LogP) is 2.56. The molecular weight excluding hydrogens is 299 g/mol. The molecule has 1 spiro atoms. The highest BCUT2D eigenvalue weighted by Gasteiger charge is 2.57. The highest BCUT2D eigenvalue weighted by Crippen LogP contribution is 2.43. The van der Waals surface area contributed by atoms with Crippen LogP contribution in [0.4, 0.5) is 5.69 Å². The lowest BCUT2D eigenvalue weighted by atomic mass is 10.0. The molecule has 1 aliphatic carbocycles. The number of aliphatic hydroxyl groups is 1. The molecule has 1 saturated carbocycles. The largest absolute Gasteiger partial charge is 0.367 e. The van der Waals surface area contributed by atoms with Crippen molar-refractivity contribution in [2.75, 3.05) is 11.4 Å². The summed E-state index contributed by atoms with van der Waals surface area (Å²) in [5.74, 6) is -0.351. The van der Waals surface area contributed by atoms with Gasteiger partial charge in [-0.2, -0.15) is 0 Å². The van der Waals surface area contributed by atoms with Crippen LogP contribution in [0.25, 0.3) is 0 Å². The second kappa shape index (κ2) is 4.60. The number of benzene rings is 1. The summed E-state index contributed by atoms with van der Waals surface area (Å²) in [6.07, 6.45) is 2.22. The second-order valence-electron chi connectivity index (χ2n) is 5.64. The Morgan fingerprint density at radius 2 is 1.90 bits per heavy atom. The molecule has 2 N–H and O–H groups in total. The number of halogens is 2. The molecule has 1 heterocycles. The third-order valence-electron chi connectivity index (χ3n) is 4.06. The van der Waals surface area contributed by atoms with Crippen LogP contribution in [0.1, 0.15) is 26.2 Å². The Morgan fingerprint density at radius 1 is 1.30 bits per heavy atom. The molecule has 20 heavy (non-hydrogen) atoms. The van der Waals surface area contributed by atoms with Crippen LogP contribution in [-0.2, 0) is 4.79 Å². The number of rotatable bonds is 2. The van der Waals surface area contributed by atoms with E-state index in [1.54, 1.807) is 30.0 Å². The number of piperazine rings is 1. The summed E-state index contributed by atoms with van der Waals surface area (Å²) < 4.78 is 0. The van der Waals surface area contributed by atoms with Gasteiger partial charge in [0.25, 0.3) is 5.91 Å². The Kier molecular flexibility index (Phi) is 3.25. The highest BCUT2D eigenvalue weighted by molar-refractivity contribution is 6.35. The van der Waals surface area contributed by atoms with Crippen molar-refractivity contribution in [1.82, 2.24) is 5.32 Å². The van der Waals surface area contributed by atoms with Crippen LogP contribution in [0.15, 0.2) is 18.2 Å². The molecule has 6 heteroatoms. The van der Waals surface area contributed by atoms with Gasteiger partial charge in [-0.3, -0.25) is 10.1 Å². The van der Waals surface area contributed by atoms with Crippen LogP contribution >= 0.6 is 23.2 Å². The third-order valence-corrected chi connectivity index (χ3v) is 4.49. The third kappa shape index (κ3) is 2.31. The average molecular weight is 315 g/mol. The Balaban J connectivity index is 2.00. The molecule has 0 bridgehead atoms. The van der Waals surface area contributed by atoms with Crippen LogP contribution in [0.5, 0.6) is 0 Å². The molecule has 1 atom stereocenters. The van der Waals surface area contributed by atoms with E-state index in [0.29, 0.717) is 28.7 Å². The Bertz CT molecular complexity index is 554. The minimum Gasteiger partial charge on any atom is -0.367 e.